The van der Waals surface area contributed by atoms with Crippen molar-refractivity contribution in [1.82, 2.24) is 4.57 Å². The maximum atomic E-state index is 14.4. The molecule has 1 radical (unpaired) electrons. The molecule has 2 N–H and O–H groups in total. The number of carbonyl (C=O) groups excluding carboxylic acids is 1. The average molecular weight is 435 g/mol. The summed E-state index contributed by atoms with van der Waals surface area (Å²) in [7, 11) is 0. The summed E-state index contributed by atoms with van der Waals surface area (Å²) < 4.78 is 43.4. The fourth-order valence-corrected chi connectivity index (χ4v) is 4.59. The number of aromatic nitrogens is 1. The molecule has 7 heteroatoms. The van der Waals surface area contributed by atoms with Crippen LogP contribution in [0.15, 0.2) is 60.0 Å². The summed E-state index contributed by atoms with van der Waals surface area (Å²) in [6.07, 6.45) is 0. The largest absolute Gasteiger partial charge is 0.366 e. The monoisotopic (exact) mass is 435 g/mol. The second-order valence-corrected chi connectivity index (χ2v) is 8.08. The average Bonchev–Trinajstić information content (AvgIpc) is 3.39. The first-order valence-electron chi connectivity index (χ1n) is 9.38. The molecular formula is C24H14F3N2OS. The van der Waals surface area contributed by atoms with E-state index in [1.807, 2.05) is 29.6 Å². The number of primary amides is 1. The van der Waals surface area contributed by atoms with E-state index in [0.717, 1.165) is 16.5 Å². The van der Waals surface area contributed by atoms with Gasteiger partial charge in [0.15, 0.2) is 11.6 Å². The number of carbonyl (C=O) groups is 1. The predicted octanol–water partition coefficient (Wildman–Crippen LogP) is 5.89. The van der Waals surface area contributed by atoms with Crippen LogP contribution < -0.4 is 5.73 Å². The lowest BCUT2D eigenvalue weighted by atomic mass is 10.0. The Morgan fingerprint density at radius 1 is 1.00 bits per heavy atom. The number of hydrogen-bond donors (Lipinski definition) is 1. The molecule has 0 saturated heterocycles. The minimum absolute atomic E-state index is 0.0105. The van der Waals surface area contributed by atoms with Crippen molar-refractivity contribution in [3.8, 4) is 10.4 Å². The van der Waals surface area contributed by atoms with E-state index in [4.69, 9.17) is 5.73 Å². The van der Waals surface area contributed by atoms with E-state index < -0.39 is 23.4 Å². The Hall–Kier alpha value is -3.58. The van der Waals surface area contributed by atoms with Crippen molar-refractivity contribution >= 4 is 39.0 Å². The molecule has 0 fully saturated rings. The molecule has 0 aliphatic heterocycles. The highest BCUT2D eigenvalue weighted by molar-refractivity contribution is 7.13. The van der Waals surface area contributed by atoms with Crippen molar-refractivity contribution in [3.63, 3.8) is 0 Å². The van der Waals surface area contributed by atoms with Gasteiger partial charge >= 0.3 is 0 Å². The molecule has 31 heavy (non-hydrogen) atoms. The fraction of sp³-hybridized carbons (Fsp3) is 0.0417. The van der Waals surface area contributed by atoms with Crippen LogP contribution in [0.25, 0.3) is 32.2 Å². The Bertz CT molecular complexity index is 1470. The van der Waals surface area contributed by atoms with Crippen molar-refractivity contribution in [1.29, 1.82) is 0 Å². The summed E-state index contributed by atoms with van der Waals surface area (Å²) in [6, 6.07) is 17.3. The highest BCUT2D eigenvalue weighted by Gasteiger charge is 2.19. The molecule has 0 saturated carbocycles. The van der Waals surface area contributed by atoms with Gasteiger partial charge in [-0.15, -0.1) is 11.3 Å². The maximum absolute atomic E-state index is 14.4. The minimum Gasteiger partial charge on any atom is -0.366 e. The van der Waals surface area contributed by atoms with Crippen LogP contribution in [0.1, 0.15) is 15.9 Å². The lowest BCUT2D eigenvalue weighted by molar-refractivity contribution is 0.100. The summed E-state index contributed by atoms with van der Waals surface area (Å²) in [6.45, 7) is -0.0625. The van der Waals surface area contributed by atoms with Crippen LogP contribution in [-0.2, 0) is 6.54 Å². The highest BCUT2D eigenvalue weighted by atomic mass is 32.1. The van der Waals surface area contributed by atoms with Crippen molar-refractivity contribution in [2.24, 2.45) is 5.73 Å². The smallest absolute Gasteiger partial charge is 0.249 e. The van der Waals surface area contributed by atoms with E-state index in [0.29, 0.717) is 33.4 Å². The SMILES string of the molecule is NC(=O)c1cccc2c1c1[c]cc(-c3cccs3)cc1n2Cc1cc(F)c(F)cc1F. The zero-order chi connectivity index (χ0) is 21.7. The third-order valence-electron chi connectivity index (χ3n) is 5.28. The lowest BCUT2D eigenvalue weighted by Gasteiger charge is -2.10. The topological polar surface area (TPSA) is 48.0 Å². The minimum atomic E-state index is -1.24. The summed E-state index contributed by atoms with van der Waals surface area (Å²) in [4.78, 5) is 13.1. The van der Waals surface area contributed by atoms with Gasteiger partial charge < -0.3 is 10.3 Å². The second kappa shape index (κ2) is 7.28. The summed E-state index contributed by atoms with van der Waals surface area (Å²) in [5, 5.41) is 3.19. The number of nitrogens with two attached hydrogens (primary N) is 1. The first kappa shape index (κ1) is 19.4. The Morgan fingerprint density at radius 2 is 1.81 bits per heavy atom. The molecule has 3 nitrogen and oxygen atoms in total. The van der Waals surface area contributed by atoms with Gasteiger partial charge in [0, 0.05) is 32.8 Å². The molecule has 0 bridgehead atoms. The van der Waals surface area contributed by atoms with E-state index in [9.17, 15) is 18.0 Å². The van der Waals surface area contributed by atoms with E-state index in [1.54, 1.807) is 34.1 Å². The number of halogens is 3. The van der Waals surface area contributed by atoms with Crippen molar-refractivity contribution in [2.45, 2.75) is 6.54 Å². The summed E-state index contributed by atoms with van der Waals surface area (Å²) in [5.74, 6) is -3.81. The number of benzene rings is 3. The molecule has 0 atom stereocenters. The van der Waals surface area contributed by atoms with Crippen molar-refractivity contribution < 1.29 is 18.0 Å². The van der Waals surface area contributed by atoms with E-state index in [2.05, 4.69) is 6.07 Å². The van der Waals surface area contributed by atoms with Crippen LogP contribution in [0.5, 0.6) is 0 Å². The first-order valence-corrected chi connectivity index (χ1v) is 10.3. The third kappa shape index (κ3) is 3.18. The second-order valence-electron chi connectivity index (χ2n) is 7.13. The van der Waals surface area contributed by atoms with Crippen LogP contribution >= 0.6 is 11.3 Å². The first-order chi connectivity index (χ1) is 14.9. The van der Waals surface area contributed by atoms with Gasteiger partial charge in [-0.05, 0) is 53.4 Å². The summed E-state index contributed by atoms with van der Waals surface area (Å²) in [5.41, 5.74) is 8.09. The van der Waals surface area contributed by atoms with E-state index in [1.165, 1.54) is 0 Å². The van der Waals surface area contributed by atoms with Gasteiger partial charge in [0.1, 0.15) is 5.82 Å². The molecule has 2 heterocycles. The standard InChI is InChI=1S/C24H14F3N2OS/c25-17-11-19(27)18(26)9-14(17)12-29-20-4-1-3-16(24(28)30)23(20)15-7-6-13(10-21(15)29)22-5-2-8-31-22/h1-6,8-11H,12H2,(H2,28,30). The quantitative estimate of drug-likeness (QED) is 0.352. The van der Waals surface area contributed by atoms with Gasteiger partial charge in [-0.25, -0.2) is 13.2 Å². The van der Waals surface area contributed by atoms with Gasteiger partial charge in [0.2, 0.25) is 5.91 Å². The number of fused-ring (bicyclic) bond motifs is 3. The van der Waals surface area contributed by atoms with Crippen LogP contribution in [0.3, 0.4) is 0 Å². The molecule has 1 amide bonds. The van der Waals surface area contributed by atoms with Crippen molar-refractivity contribution in [3.05, 3.63) is 94.6 Å². The maximum Gasteiger partial charge on any atom is 0.249 e. The summed E-state index contributed by atoms with van der Waals surface area (Å²) >= 11 is 1.56. The van der Waals surface area contributed by atoms with Crippen LogP contribution in [-0.4, -0.2) is 10.5 Å². The number of amides is 1. The zero-order valence-electron chi connectivity index (χ0n) is 16.0. The van der Waals surface area contributed by atoms with Crippen molar-refractivity contribution in [2.75, 3.05) is 0 Å². The molecular weight excluding hydrogens is 421 g/mol. The molecule has 5 rings (SSSR count). The number of rotatable bonds is 4. The Kier molecular flexibility index (Phi) is 4.55. The molecule has 0 aliphatic rings. The molecule has 2 aromatic heterocycles. The van der Waals surface area contributed by atoms with Gasteiger partial charge in [0.25, 0.3) is 0 Å². The normalized spacial score (nSPS) is 11.5. The molecule has 0 aliphatic carbocycles. The molecule has 153 valence electrons. The van der Waals surface area contributed by atoms with Gasteiger partial charge in [0.05, 0.1) is 17.6 Å². The van der Waals surface area contributed by atoms with Crippen LogP contribution in [0.2, 0.25) is 0 Å². The van der Waals surface area contributed by atoms with Crippen LogP contribution in [0, 0.1) is 23.5 Å². The number of hydrogen-bond acceptors (Lipinski definition) is 2. The Morgan fingerprint density at radius 3 is 2.55 bits per heavy atom. The van der Waals surface area contributed by atoms with Gasteiger partial charge in [-0.2, -0.15) is 0 Å². The predicted molar refractivity (Wildman–Crippen MR) is 116 cm³/mol. The molecule has 5 aromatic rings. The van der Waals surface area contributed by atoms with Crippen LogP contribution in [0.4, 0.5) is 13.2 Å². The molecule has 3 aromatic carbocycles. The zero-order valence-corrected chi connectivity index (χ0v) is 16.8. The Balaban J connectivity index is 1.82. The molecule has 0 unspecified atom stereocenters. The Labute approximate surface area is 179 Å². The van der Waals surface area contributed by atoms with E-state index >= 15 is 0 Å². The highest BCUT2D eigenvalue weighted by Crippen LogP contribution is 2.36. The number of nitrogens with zero attached hydrogens (tertiary/aromatic N) is 1. The fourth-order valence-electron chi connectivity index (χ4n) is 3.87. The third-order valence-corrected chi connectivity index (χ3v) is 6.20. The van der Waals surface area contributed by atoms with Gasteiger partial charge in [-0.1, -0.05) is 12.1 Å². The number of thiophene rings is 1. The lowest BCUT2D eigenvalue weighted by Crippen LogP contribution is -2.11. The van der Waals surface area contributed by atoms with Gasteiger partial charge in [-0.3, -0.25) is 4.79 Å². The molecule has 0 spiro atoms. The van der Waals surface area contributed by atoms with E-state index in [-0.39, 0.29) is 12.1 Å².